The molecule has 0 bridgehead atoms. The Balaban J connectivity index is 1.81. The Morgan fingerprint density at radius 1 is 1.45 bits per heavy atom. The van der Waals surface area contributed by atoms with Gasteiger partial charge in [-0.3, -0.25) is 4.98 Å². The molecular formula is C14H16N4OS. The second-order valence-electron chi connectivity index (χ2n) is 4.70. The summed E-state index contributed by atoms with van der Waals surface area (Å²) in [6, 6.07) is 4.38. The van der Waals surface area contributed by atoms with Gasteiger partial charge in [0.05, 0.1) is 10.2 Å². The van der Waals surface area contributed by atoms with Crippen LogP contribution in [0.25, 0.3) is 21.6 Å². The second kappa shape index (κ2) is 5.68. The van der Waals surface area contributed by atoms with Crippen LogP contribution in [0.4, 0.5) is 0 Å². The van der Waals surface area contributed by atoms with Crippen LogP contribution in [0.3, 0.4) is 0 Å². The molecule has 0 spiro atoms. The maximum absolute atomic E-state index is 5.30. The molecule has 0 amide bonds. The molecule has 20 heavy (non-hydrogen) atoms. The number of hydrogen-bond acceptors (Lipinski definition) is 6. The van der Waals surface area contributed by atoms with Crippen LogP contribution in [-0.4, -0.2) is 27.7 Å². The Hall–Kier alpha value is -1.79. The summed E-state index contributed by atoms with van der Waals surface area (Å²) in [6.07, 6.45) is 2.52. The minimum absolute atomic E-state index is 0.325. The van der Waals surface area contributed by atoms with E-state index in [1.54, 1.807) is 17.5 Å². The van der Waals surface area contributed by atoms with Gasteiger partial charge in [-0.1, -0.05) is 12.1 Å². The molecule has 1 N–H and O–H groups in total. The van der Waals surface area contributed by atoms with Gasteiger partial charge < -0.3 is 9.84 Å². The molecule has 6 heteroatoms. The van der Waals surface area contributed by atoms with Crippen LogP contribution in [0, 0.1) is 0 Å². The first-order valence-electron chi connectivity index (χ1n) is 6.66. The molecule has 0 fully saturated rings. The van der Waals surface area contributed by atoms with Crippen LogP contribution in [0.2, 0.25) is 0 Å². The predicted octanol–water partition coefficient (Wildman–Crippen LogP) is 2.89. The molecule has 0 aliphatic heterocycles. The van der Waals surface area contributed by atoms with Crippen molar-refractivity contribution in [2.75, 3.05) is 6.54 Å². The molecule has 0 saturated heterocycles. The Morgan fingerprint density at radius 3 is 3.20 bits per heavy atom. The Morgan fingerprint density at radius 2 is 2.35 bits per heavy atom. The van der Waals surface area contributed by atoms with Crippen molar-refractivity contribution in [3.63, 3.8) is 0 Å². The van der Waals surface area contributed by atoms with Crippen LogP contribution in [-0.2, 0) is 6.42 Å². The topological polar surface area (TPSA) is 63.8 Å². The highest BCUT2D eigenvalue weighted by Crippen LogP contribution is 2.24. The number of aromatic nitrogens is 3. The summed E-state index contributed by atoms with van der Waals surface area (Å²) in [5, 5.41) is 9.40. The molecule has 1 unspecified atom stereocenters. The summed E-state index contributed by atoms with van der Waals surface area (Å²) in [7, 11) is 0. The van der Waals surface area contributed by atoms with Crippen LogP contribution in [0.5, 0.6) is 0 Å². The molecule has 3 rings (SSSR count). The second-order valence-corrected chi connectivity index (χ2v) is 5.65. The van der Waals surface area contributed by atoms with Crippen LogP contribution in [0.1, 0.15) is 19.7 Å². The van der Waals surface area contributed by atoms with Crippen molar-refractivity contribution < 1.29 is 4.52 Å². The lowest BCUT2D eigenvalue weighted by Crippen LogP contribution is -2.27. The van der Waals surface area contributed by atoms with Gasteiger partial charge in [0.2, 0.25) is 11.7 Å². The van der Waals surface area contributed by atoms with Gasteiger partial charge >= 0.3 is 0 Å². The van der Waals surface area contributed by atoms with Gasteiger partial charge in [-0.25, -0.2) is 0 Å². The largest absolute Gasteiger partial charge is 0.339 e. The van der Waals surface area contributed by atoms with Gasteiger partial charge in [-0.05, 0) is 31.0 Å². The fraction of sp³-hybridized carbons (Fsp3) is 0.357. The third-order valence-electron chi connectivity index (χ3n) is 3.06. The quantitative estimate of drug-likeness (QED) is 0.782. The molecule has 0 aliphatic rings. The summed E-state index contributed by atoms with van der Waals surface area (Å²) < 4.78 is 6.44. The molecule has 3 aromatic rings. The van der Waals surface area contributed by atoms with Gasteiger partial charge in [0, 0.05) is 24.2 Å². The number of thiophene rings is 1. The predicted molar refractivity (Wildman–Crippen MR) is 79.8 cm³/mol. The fourth-order valence-electron chi connectivity index (χ4n) is 2.11. The summed E-state index contributed by atoms with van der Waals surface area (Å²) in [5.74, 6) is 1.26. The van der Waals surface area contributed by atoms with Crippen molar-refractivity contribution in [2.45, 2.75) is 26.3 Å². The molecule has 104 valence electrons. The lowest BCUT2D eigenvalue weighted by molar-refractivity contribution is 0.363. The Kier molecular flexibility index (Phi) is 3.75. The zero-order valence-electron chi connectivity index (χ0n) is 11.5. The lowest BCUT2D eigenvalue weighted by atomic mass is 10.2. The van der Waals surface area contributed by atoms with Gasteiger partial charge in [0.25, 0.3) is 0 Å². The molecular weight excluding hydrogens is 272 g/mol. The number of pyridine rings is 1. The SMILES string of the molecule is CCNC(C)Cc1nc(-c2cnc3ccsc3c2)no1. The zero-order valence-corrected chi connectivity index (χ0v) is 12.3. The molecule has 3 aromatic heterocycles. The Bertz CT molecular complexity index is 706. The number of fused-ring (bicyclic) bond motifs is 1. The molecule has 0 radical (unpaired) electrons. The number of nitrogens with zero attached hydrogens (tertiary/aromatic N) is 3. The number of hydrogen-bond donors (Lipinski definition) is 1. The number of rotatable bonds is 5. The van der Waals surface area contributed by atoms with Gasteiger partial charge in [-0.15, -0.1) is 11.3 Å². The monoisotopic (exact) mass is 288 g/mol. The smallest absolute Gasteiger partial charge is 0.228 e. The van der Waals surface area contributed by atoms with Crippen LogP contribution >= 0.6 is 11.3 Å². The maximum Gasteiger partial charge on any atom is 0.228 e. The van der Waals surface area contributed by atoms with E-state index in [1.807, 2.05) is 11.4 Å². The van der Waals surface area contributed by atoms with Crippen molar-refractivity contribution in [3.8, 4) is 11.4 Å². The van der Waals surface area contributed by atoms with Crippen LogP contribution in [0.15, 0.2) is 28.2 Å². The van der Waals surface area contributed by atoms with Crippen molar-refractivity contribution in [2.24, 2.45) is 0 Å². The van der Waals surface area contributed by atoms with Crippen molar-refractivity contribution >= 4 is 21.6 Å². The first kappa shape index (κ1) is 13.2. The summed E-state index contributed by atoms with van der Waals surface area (Å²) in [6.45, 7) is 5.12. The molecule has 0 aliphatic carbocycles. The summed E-state index contributed by atoms with van der Waals surface area (Å²) in [4.78, 5) is 8.83. The van der Waals surface area contributed by atoms with Crippen LogP contribution < -0.4 is 5.32 Å². The van der Waals surface area contributed by atoms with Gasteiger partial charge in [0.1, 0.15) is 0 Å². The van der Waals surface area contributed by atoms with E-state index in [0.717, 1.165) is 28.7 Å². The zero-order chi connectivity index (χ0) is 13.9. The highest BCUT2D eigenvalue weighted by molar-refractivity contribution is 7.17. The molecule has 3 heterocycles. The molecule has 5 nitrogen and oxygen atoms in total. The van der Waals surface area contributed by atoms with Gasteiger partial charge in [-0.2, -0.15) is 4.98 Å². The third kappa shape index (κ3) is 2.71. The van der Waals surface area contributed by atoms with Crippen molar-refractivity contribution in [3.05, 3.63) is 29.6 Å². The minimum atomic E-state index is 0.325. The standard InChI is InChI=1S/C14H16N4OS/c1-3-15-9(2)6-13-17-14(18-19-13)10-7-12-11(16-8-10)4-5-20-12/h4-5,7-9,15H,3,6H2,1-2H3. The minimum Gasteiger partial charge on any atom is -0.339 e. The average molecular weight is 288 g/mol. The Labute approximate surface area is 121 Å². The van der Waals surface area contributed by atoms with E-state index in [2.05, 4.69) is 40.4 Å². The lowest BCUT2D eigenvalue weighted by Gasteiger charge is -2.07. The number of likely N-dealkylation sites (N-methyl/N-ethyl adjacent to an activating group) is 1. The molecule has 0 aromatic carbocycles. The summed E-state index contributed by atoms with van der Waals surface area (Å²) >= 11 is 1.66. The average Bonchev–Trinajstić information content (AvgIpc) is 3.06. The van der Waals surface area contributed by atoms with Gasteiger partial charge in [0.15, 0.2) is 0 Å². The normalized spacial score (nSPS) is 12.9. The van der Waals surface area contributed by atoms with E-state index in [0.29, 0.717) is 17.8 Å². The molecule has 0 saturated carbocycles. The van der Waals surface area contributed by atoms with E-state index in [9.17, 15) is 0 Å². The number of nitrogens with one attached hydrogen (secondary N) is 1. The van der Waals surface area contributed by atoms with E-state index >= 15 is 0 Å². The molecule has 1 atom stereocenters. The van der Waals surface area contributed by atoms with E-state index in [1.165, 1.54) is 0 Å². The fourth-order valence-corrected chi connectivity index (χ4v) is 2.89. The van der Waals surface area contributed by atoms with E-state index in [-0.39, 0.29) is 0 Å². The first-order chi connectivity index (χ1) is 9.76. The van der Waals surface area contributed by atoms with E-state index in [4.69, 9.17) is 4.52 Å². The third-order valence-corrected chi connectivity index (χ3v) is 3.92. The van der Waals surface area contributed by atoms with Crippen molar-refractivity contribution in [1.82, 2.24) is 20.4 Å². The highest BCUT2D eigenvalue weighted by atomic mass is 32.1. The first-order valence-corrected chi connectivity index (χ1v) is 7.54. The maximum atomic E-state index is 5.30. The highest BCUT2D eigenvalue weighted by Gasteiger charge is 2.12. The van der Waals surface area contributed by atoms with Crippen molar-refractivity contribution in [1.29, 1.82) is 0 Å². The summed E-state index contributed by atoms with van der Waals surface area (Å²) in [5.41, 5.74) is 1.90. The van der Waals surface area contributed by atoms with E-state index < -0.39 is 0 Å².